The second-order valence-electron chi connectivity index (χ2n) is 4.26. The van der Waals surface area contributed by atoms with Crippen LogP contribution in [0.1, 0.15) is 5.56 Å². The first-order valence-corrected chi connectivity index (χ1v) is 5.69. The van der Waals surface area contributed by atoms with Crippen molar-refractivity contribution in [2.75, 3.05) is 19.6 Å². The van der Waals surface area contributed by atoms with E-state index < -0.39 is 23.6 Å². The first-order valence-electron chi connectivity index (χ1n) is 5.69. The molecule has 0 bridgehead atoms. The van der Waals surface area contributed by atoms with Gasteiger partial charge in [-0.15, -0.1) is 0 Å². The van der Waals surface area contributed by atoms with Gasteiger partial charge in [0.2, 0.25) is 0 Å². The second-order valence-corrected chi connectivity index (χ2v) is 4.26. The molecular weight excluding hydrogens is 242 g/mol. The summed E-state index contributed by atoms with van der Waals surface area (Å²) >= 11 is 0. The molecule has 1 atom stereocenters. The van der Waals surface area contributed by atoms with Crippen molar-refractivity contribution in [3.8, 4) is 0 Å². The van der Waals surface area contributed by atoms with E-state index >= 15 is 0 Å². The maximum atomic E-state index is 13.5. The average Bonchev–Trinajstić information content (AvgIpc) is 2.33. The molecule has 1 fully saturated rings. The van der Waals surface area contributed by atoms with Gasteiger partial charge in [-0.25, -0.2) is 8.78 Å². The minimum atomic E-state index is -0.940. The number of carbonyl (C=O) groups is 1. The molecule has 1 aromatic carbocycles. The zero-order valence-electron chi connectivity index (χ0n) is 9.70. The maximum Gasteiger partial charge on any atom is 0.322 e. The smallest absolute Gasteiger partial charge is 0.322 e. The molecule has 1 heterocycles. The van der Waals surface area contributed by atoms with Gasteiger partial charge in [-0.2, -0.15) is 0 Å². The number of halogens is 2. The van der Waals surface area contributed by atoms with Crippen LogP contribution in [0.25, 0.3) is 0 Å². The van der Waals surface area contributed by atoms with Gasteiger partial charge in [-0.3, -0.25) is 9.69 Å². The molecule has 1 unspecified atom stereocenters. The Labute approximate surface area is 103 Å². The highest BCUT2D eigenvalue weighted by atomic mass is 19.1. The topological polar surface area (TPSA) is 52.6 Å². The van der Waals surface area contributed by atoms with Crippen molar-refractivity contribution in [3.05, 3.63) is 35.4 Å². The van der Waals surface area contributed by atoms with E-state index in [4.69, 9.17) is 5.11 Å². The molecule has 98 valence electrons. The minimum absolute atomic E-state index is 0.171. The molecule has 0 aliphatic carbocycles. The molecule has 18 heavy (non-hydrogen) atoms. The van der Waals surface area contributed by atoms with Gasteiger partial charge in [-0.1, -0.05) is 6.07 Å². The van der Waals surface area contributed by atoms with E-state index in [1.165, 1.54) is 12.1 Å². The third-order valence-corrected chi connectivity index (χ3v) is 3.03. The monoisotopic (exact) mass is 256 g/mol. The molecule has 1 aliphatic rings. The predicted molar refractivity (Wildman–Crippen MR) is 61.1 cm³/mol. The molecule has 0 radical (unpaired) electrons. The number of nitrogens with one attached hydrogen (secondary N) is 1. The fourth-order valence-electron chi connectivity index (χ4n) is 2.05. The third-order valence-electron chi connectivity index (χ3n) is 3.03. The molecule has 4 nitrogen and oxygen atoms in total. The van der Waals surface area contributed by atoms with Gasteiger partial charge in [0.05, 0.1) is 0 Å². The highest BCUT2D eigenvalue weighted by molar-refractivity contribution is 5.74. The lowest BCUT2D eigenvalue weighted by molar-refractivity contribution is -0.144. The van der Waals surface area contributed by atoms with Gasteiger partial charge < -0.3 is 10.4 Å². The number of hydrogen-bond acceptors (Lipinski definition) is 3. The van der Waals surface area contributed by atoms with Crippen LogP contribution in [0, 0.1) is 11.6 Å². The van der Waals surface area contributed by atoms with Crippen LogP contribution in [-0.4, -0.2) is 41.7 Å². The van der Waals surface area contributed by atoms with Gasteiger partial charge in [0.1, 0.15) is 17.7 Å². The molecule has 1 saturated heterocycles. The summed E-state index contributed by atoms with van der Waals surface area (Å²) in [4.78, 5) is 12.7. The van der Waals surface area contributed by atoms with Crippen LogP contribution in [0.2, 0.25) is 0 Å². The van der Waals surface area contributed by atoms with Crippen molar-refractivity contribution >= 4 is 5.97 Å². The number of carboxylic acid groups (broad SMARTS) is 1. The van der Waals surface area contributed by atoms with Gasteiger partial charge in [0, 0.05) is 37.8 Å². The normalized spacial score (nSPS) is 20.9. The number of aliphatic carboxylic acids is 1. The number of nitrogens with zero attached hydrogens (tertiary/aromatic N) is 1. The second kappa shape index (κ2) is 5.41. The fourth-order valence-corrected chi connectivity index (χ4v) is 2.05. The summed E-state index contributed by atoms with van der Waals surface area (Å²) in [6.45, 7) is 1.68. The molecule has 2 N–H and O–H groups in total. The zero-order valence-corrected chi connectivity index (χ0v) is 9.70. The van der Waals surface area contributed by atoms with Crippen LogP contribution in [0.3, 0.4) is 0 Å². The number of benzene rings is 1. The summed E-state index contributed by atoms with van der Waals surface area (Å²) in [5.74, 6) is -2.21. The van der Waals surface area contributed by atoms with Crippen LogP contribution >= 0.6 is 0 Å². The molecule has 2 rings (SSSR count). The van der Waals surface area contributed by atoms with Crippen molar-refractivity contribution in [3.63, 3.8) is 0 Å². The Morgan fingerprint density at radius 2 is 2.28 bits per heavy atom. The predicted octanol–water partition coefficient (Wildman–Crippen LogP) is 0.823. The Balaban J connectivity index is 2.13. The van der Waals surface area contributed by atoms with Crippen molar-refractivity contribution < 1.29 is 18.7 Å². The van der Waals surface area contributed by atoms with E-state index in [9.17, 15) is 13.6 Å². The van der Waals surface area contributed by atoms with Crippen LogP contribution in [-0.2, 0) is 11.3 Å². The Hall–Kier alpha value is -1.53. The van der Waals surface area contributed by atoms with Crippen molar-refractivity contribution in [1.29, 1.82) is 0 Å². The van der Waals surface area contributed by atoms with E-state index in [-0.39, 0.29) is 6.54 Å². The van der Waals surface area contributed by atoms with Crippen molar-refractivity contribution in [2.24, 2.45) is 0 Å². The van der Waals surface area contributed by atoms with Crippen LogP contribution < -0.4 is 5.32 Å². The largest absolute Gasteiger partial charge is 0.480 e. The Morgan fingerprint density at radius 3 is 2.94 bits per heavy atom. The summed E-state index contributed by atoms with van der Waals surface area (Å²) in [6.07, 6.45) is 0. The zero-order chi connectivity index (χ0) is 13.1. The molecule has 0 amide bonds. The summed E-state index contributed by atoms with van der Waals surface area (Å²) in [5, 5.41) is 12.0. The summed E-state index contributed by atoms with van der Waals surface area (Å²) in [5.41, 5.74) is 0.310. The molecule has 1 aromatic rings. The third kappa shape index (κ3) is 2.83. The van der Waals surface area contributed by atoms with Gasteiger partial charge in [0.25, 0.3) is 0 Å². The number of carboxylic acids is 1. The van der Waals surface area contributed by atoms with E-state index in [2.05, 4.69) is 5.32 Å². The number of piperazine rings is 1. The minimum Gasteiger partial charge on any atom is -0.480 e. The fraction of sp³-hybridized carbons (Fsp3) is 0.417. The average molecular weight is 256 g/mol. The van der Waals surface area contributed by atoms with E-state index in [0.717, 1.165) is 6.07 Å². The molecule has 0 saturated carbocycles. The van der Waals surface area contributed by atoms with Gasteiger partial charge >= 0.3 is 5.97 Å². The Bertz CT molecular complexity index is 454. The van der Waals surface area contributed by atoms with Gasteiger partial charge in [-0.05, 0) is 6.07 Å². The highest BCUT2D eigenvalue weighted by Crippen LogP contribution is 2.15. The number of rotatable bonds is 3. The molecule has 0 spiro atoms. The van der Waals surface area contributed by atoms with E-state index in [1.54, 1.807) is 4.90 Å². The van der Waals surface area contributed by atoms with Crippen molar-refractivity contribution in [1.82, 2.24) is 10.2 Å². The standard InChI is InChI=1S/C12H14F2N2O2/c13-9-2-1-8(10(14)5-9)7-16-4-3-15-6-11(16)12(17)18/h1-2,5,11,15H,3-4,6-7H2,(H,17,18). The summed E-state index contributed by atoms with van der Waals surface area (Å²) in [6, 6.07) is 2.66. The quantitative estimate of drug-likeness (QED) is 0.841. The van der Waals surface area contributed by atoms with Crippen LogP contribution in [0.15, 0.2) is 18.2 Å². The maximum absolute atomic E-state index is 13.5. The lowest BCUT2D eigenvalue weighted by Gasteiger charge is -2.33. The van der Waals surface area contributed by atoms with E-state index in [0.29, 0.717) is 25.2 Å². The Morgan fingerprint density at radius 1 is 1.50 bits per heavy atom. The highest BCUT2D eigenvalue weighted by Gasteiger charge is 2.28. The molecule has 1 aliphatic heterocycles. The molecule has 0 aromatic heterocycles. The summed E-state index contributed by atoms with van der Waals surface area (Å²) < 4.78 is 26.3. The van der Waals surface area contributed by atoms with Crippen molar-refractivity contribution in [2.45, 2.75) is 12.6 Å². The Kier molecular flexibility index (Phi) is 3.88. The number of hydrogen-bond donors (Lipinski definition) is 2. The van der Waals surface area contributed by atoms with Crippen LogP contribution in [0.5, 0.6) is 0 Å². The SMILES string of the molecule is O=C(O)C1CNCCN1Cc1ccc(F)cc1F. The molecular formula is C12H14F2N2O2. The summed E-state index contributed by atoms with van der Waals surface area (Å²) in [7, 11) is 0. The first-order chi connectivity index (χ1) is 8.58. The van der Waals surface area contributed by atoms with E-state index in [1.807, 2.05) is 0 Å². The molecule has 6 heteroatoms. The van der Waals surface area contributed by atoms with Crippen LogP contribution in [0.4, 0.5) is 8.78 Å². The lowest BCUT2D eigenvalue weighted by Crippen LogP contribution is -2.54. The van der Waals surface area contributed by atoms with Gasteiger partial charge in [0.15, 0.2) is 0 Å². The first kappa shape index (κ1) is 12.9. The lowest BCUT2D eigenvalue weighted by atomic mass is 10.1.